The summed E-state index contributed by atoms with van der Waals surface area (Å²) in [5.41, 5.74) is 0. The van der Waals surface area contributed by atoms with Crippen LogP contribution in [0.25, 0.3) is 0 Å². The Morgan fingerprint density at radius 2 is 2.52 bits per heavy atom. The number of rotatable bonds is 5. The van der Waals surface area contributed by atoms with E-state index in [9.17, 15) is 9.90 Å². The molecule has 2 atom stereocenters. The third kappa shape index (κ3) is 4.31. The van der Waals surface area contributed by atoms with Gasteiger partial charge >= 0.3 is 6.09 Å². The highest BCUT2D eigenvalue weighted by molar-refractivity contribution is 7.99. The zero-order valence-corrected chi connectivity index (χ0v) is 13.2. The minimum Gasteiger partial charge on any atom is -0.505 e. The van der Waals surface area contributed by atoms with E-state index >= 15 is 0 Å². The fourth-order valence-electron chi connectivity index (χ4n) is 2.16. The lowest BCUT2D eigenvalue weighted by molar-refractivity contribution is 0.111. The molecule has 2 heterocycles. The molecule has 0 radical (unpaired) electrons. The standard InChI is InChI=1S/C14H18N2O3S2/c1-2-6-19-14(18)16-8-11(20)7-10(16)9-21-13-12(17)4-3-5-15-13/h2-5,10-11,17,20H,1,6-9H2/t10-,11-/m0/s1. The number of likely N-dealkylation sites (tertiary alicyclic amines) is 1. The van der Waals surface area contributed by atoms with Gasteiger partial charge in [-0.15, -0.1) is 11.8 Å². The Morgan fingerprint density at radius 1 is 1.71 bits per heavy atom. The molecule has 1 N–H and O–H groups in total. The first kappa shape index (κ1) is 16.0. The Balaban J connectivity index is 1.95. The van der Waals surface area contributed by atoms with E-state index in [0.717, 1.165) is 6.42 Å². The molecule has 1 saturated heterocycles. The largest absolute Gasteiger partial charge is 0.505 e. The first-order valence-corrected chi connectivity index (χ1v) is 8.11. The number of thioether (sulfide) groups is 1. The van der Waals surface area contributed by atoms with Gasteiger partial charge in [0.15, 0.2) is 0 Å². The lowest BCUT2D eigenvalue weighted by atomic mass is 10.2. The van der Waals surface area contributed by atoms with Crippen molar-refractivity contribution in [3.8, 4) is 5.75 Å². The number of thiol groups is 1. The predicted octanol–water partition coefficient (Wildman–Crippen LogP) is 2.57. The van der Waals surface area contributed by atoms with Crippen LogP contribution in [-0.4, -0.2) is 51.3 Å². The van der Waals surface area contributed by atoms with E-state index in [4.69, 9.17) is 4.74 Å². The minimum absolute atomic E-state index is 0.0243. The number of nitrogens with zero attached hydrogens (tertiary/aromatic N) is 2. The molecule has 0 aromatic carbocycles. The van der Waals surface area contributed by atoms with Gasteiger partial charge in [0.05, 0.1) is 0 Å². The van der Waals surface area contributed by atoms with Gasteiger partial charge in [-0.3, -0.25) is 0 Å². The molecule has 0 aliphatic carbocycles. The molecule has 0 saturated carbocycles. The van der Waals surface area contributed by atoms with Gasteiger partial charge in [-0.2, -0.15) is 12.6 Å². The molecule has 1 aromatic heterocycles. The van der Waals surface area contributed by atoms with Crippen molar-refractivity contribution < 1.29 is 14.6 Å². The van der Waals surface area contributed by atoms with Crippen LogP contribution >= 0.6 is 24.4 Å². The van der Waals surface area contributed by atoms with Crippen molar-refractivity contribution in [2.75, 3.05) is 18.9 Å². The zero-order chi connectivity index (χ0) is 15.2. The number of carbonyl (C=O) groups is 1. The summed E-state index contributed by atoms with van der Waals surface area (Å²) in [6.45, 7) is 4.30. The predicted molar refractivity (Wildman–Crippen MR) is 86.1 cm³/mol. The number of aromatic nitrogens is 1. The van der Waals surface area contributed by atoms with Gasteiger partial charge in [-0.25, -0.2) is 9.78 Å². The zero-order valence-electron chi connectivity index (χ0n) is 11.5. The van der Waals surface area contributed by atoms with E-state index in [2.05, 4.69) is 24.2 Å². The summed E-state index contributed by atoms with van der Waals surface area (Å²) < 4.78 is 5.09. The Morgan fingerprint density at radius 3 is 3.24 bits per heavy atom. The van der Waals surface area contributed by atoms with Crippen molar-refractivity contribution in [1.82, 2.24) is 9.88 Å². The van der Waals surface area contributed by atoms with Crippen molar-refractivity contribution in [2.45, 2.75) is 22.7 Å². The Labute approximate surface area is 133 Å². The Hall–Kier alpha value is -1.34. The SMILES string of the molecule is C=CCOC(=O)N1C[C@@H](S)C[C@H]1CSc1ncccc1O. The molecule has 1 fully saturated rings. The molecule has 1 aromatic rings. The van der Waals surface area contributed by atoms with Crippen LogP contribution in [0.15, 0.2) is 36.0 Å². The molecule has 7 heteroatoms. The van der Waals surface area contributed by atoms with Crippen molar-refractivity contribution in [3.63, 3.8) is 0 Å². The van der Waals surface area contributed by atoms with Crippen molar-refractivity contribution >= 4 is 30.5 Å². The average molecular weight is 326 g/mol. The van der Waals surface area contributed by atoms with Crippen LogP contribution in [0.2, 0.25) is 0 Å². The van der Waals surface area contributed by atoms with E-state index in [1.165, 1.54) is 11.8 Å². The number of carbonyl (C=O) groups excluding carboxylic acids is 1. The van der Waals surface area contributed by atoms with Crippen LogP contribution in [0.1, 0.15) is 6.42 Å². The first-order chi connectivity index (χ1) is 10.1. The van der Waals surface area contributed by atoms with E-state index in [1.807, 2.05) is 0 Å². The first-order valence-electron chi connectivity index (χ1n) is 6.61. The van der Waals surface area contributed by atoms with Crippen LogP contribution in [-0.2, 0) is 4.74 Å². The van der Waals surface area contributed by atoms with Gasteiger partial charge in [0.2, 0.25) is 0 Å². The summed E-state index contributed by atoms with van der Waals surface area (Å²) in [6, 6.07) is 3.30. The molecule has 0 bridgehead atoms. The monoisotopic (exact) mass is 326 g/mol. The molecule has 0 unspecified atom stereocenters. The summed E-state index contributed by atoms with van der Waals surface area (Å²) in [5, 5.41) is 10.4. The number of pyridine rings is 1. The van der Waals surface area contributed by atoms with Gasteiger partial charge in [0.25, 0.3) is 0 Å². The molecular formula is C14H18N2O3S2. The molecule has 2 rings (SSSR count). The summed E-state index contributed by atoms with van der Waals surface area (Å²) in [7, 11) is 0. The van der Waals surface area contributed by atoms with Gasteiger partial charge in [0.1, 0.15) is 17.4 Å². The second-order valence-electron chi connectivity index (χ2n) is 4.70. The highest BCUT2D eigenvalue weighted by Gasteiger charge is 2.34. The van der Waals surface area contributed by atoms with E-state index in [-0.39, 0.29) is 29.7 Å². The normalized spacial score (nSPS) is 21.3. The fourth-order valence-corrected chi connectivity index (χ4v) is 3.59. The number of ether oxygens (including phenoxy) is 1. The van der Waals surface area contributed by atoms with Crippen LogP contribution < -0.4 is 0 Å². The third-order valence-corrected chi connectivity index (χ3v) is 4.63. The van der Waals surface area contributed by atoms with Crippen molar-refractivity contribution in [2.24, 2.45) is 0 Å². The van der Waals surface area contributed by atoms with Gasteiger partial charge < -0.3 is 14.7 Å². The average Bonchev–Trinajstić information content (AvgIpc) is 2.85. The quantitative estimate of drug-likeness (QED) is 0.495. The van der Waals surface area contributed by atoms with Crippen LogP contribution in [0.5, 0.6) is 5.75 Å². The highest BCUT2D eigenvalue weighted by atomic mass is 32.2. The molecular weight excluding hydrogens is 308 g/mol. The smallest absolute Gasteiger partial charge is 0.410 e. The van der Waals surface area contributed by atoms with Gasteiger partial charge in [0, 0.05) is 29.8 Å². The summed E-state index contributed by atoms with van der Waals surface area (Å²) in [4.78, 5) is 17.8. The van der Waals surface area contributed by atoms with Crippen LogP contribution in [0.4, 0.5) is 4.79 Å². The van der Waals surface area contributed by atoms with Crippen molar-refractivity contribution in [3.05, 3.63) is 31.0 Å². The third-order valence-electron chi connectivity index (χ3n) is 3.12. The summed E-state index contributed by atoms with van der Waals surface area (Å²) >= 11 is 5.88. The molecule has 5 nitrogen and oxygen atoms in total. The van der Waals surface area contributed by atoms with E-state index in [1.54, 1.807) is 29.3 Å². The molecule has 1 aliphatic heterocycles. The molecule has 114 valence electrons. The second kappa shape index (κ2) is 7.61. The maximum Gasteiger partial charge on any atom is 0.410 e. The minimum atomic E-state index is -0.345. The Bertz CT molecular complexity index is 513. The fraction of sp³-hybridized carbons (Fsp3) is 0.429. The molecule has 1 aliphatic rings. The van der Waals surface area contributed by atoms with E-state index in [0.29, 0.717) is 17.3 Å². The lowest BCUT2D eigenvalue weighted by Crippen LogP contribution is -2.37. The topological polar surface area (TPSA) is 62.7 Å². The maximum atomic E-state index is 12.0. The highest BCUT2D eigenvalue weighted by Crippen LogP contribution is 2.31. The second-order valence-corrected chi connectivity index (χ2v) is 6.44. The molecule has 21 heavy (non-hydrogen) atoms. The maximum absolute atomic E-state index is 12.0. The summed E-state index contributed by atoms with van der Waals surface area (Å²) in [6.07, 6.45) is 3.63. The van der Waals surface area contributed by atoms with Crippen molar-refractivity contribution in [1.29, 1.82) is 0 Å². The molecule has 0 spiro atoms. The van der Waals surface area contributed by atoms with Gasteiger partial charge in [-0.05, 0) is 18.6 Å². The van der Waals surface area contributed by atoms with Crippen LogP contribution in [0.3, 0.4) is 0 Å². The van der Waals surface area contributed by atoms with Gasteiger partial charge in [-0.1, -0.05) is 12.7 Å². The van der Waals surface area contributed by atoms with E-state index < -0.39 is 0 Å². The number of hydrogen-bond donors (Lipinski definition) is 2. The summed E-state index contributed by atoms with van der Waals surface area (Å²) in [5.74, 6) is 0.800. The van der Waals surface area contributed by atoms with Crippen LogP contribution in [0, 0.1) is 0 Å². The number of amides is 1. The Kier molecular flexibility index (Phi) is 5.81. The molecule has 1 amide bonds. The number of hydrogen-bond acceptors (Lipinski definition) is 6. The lowest BCUT2D eigenvalue weighted by Gasteiger charge is -2.23. The number of aromatic hydroxyl groups is 1.